The Labute approximate surface area is 150 Å². The van der Waals surface area contributed by atoms with Gasteiger partial charge >= 0.3 is 0 Å². The zero-order valence-electron chi connectivity index (χ0n) is 14.0. The van der Waals surface area contributed by atoms with Gasteiger partial charge in [0.05, 0.1) is 5.69 Å². The monoisotopic (exact) mass is 360 g/mol. The molecule has 0 fully saturated rings. The lowest BCUT2D eigenvalue weighted by molar-refractivity contribution is 0.229. The molecule has 0 aliphatic rings. The predicted octanol–water partition coefficient (Wildman–Crippen LogP) is 2.94. The number of benzene rings is 1. The number of aliphatic hydroxyl groups is 1. The Balaban J connectivity index is 1.99. The number of nitrogens with zero attached hydrogens (tertiary/aromatic N) is 3. The van der Waals surface area contributed by atoms with Crippen LogP contribution in [0, 0.1) is 11.7 Å². The number of aliphatic hydroxyl groups excluding tert-OH is 1. The fourth-order valence-corrected chi connectivity index (χ4v) is 3.36. The highest BCUT2D eigenvalue weighted by atomic mass is 32.1. The van der Waals surface area contributed by atoms with E-state index in [2.05, 4.69) is 10.1 Å². The van der Waals surface area contributed by atoms with Crippen molar-refractivity contribution in [1.82, 2.24) is 14.8 Å². The molecule has 0 saturated carbocycles. The summed E-state index contributed by atoms with van der Waals surface area (Å²) in [6.45, 7) is 2.99. The average molecular weight is 360 g/mol. The van der Waals surface area contributed by atoms with Crippen LogP contribution in [0.1, 0.15) is 12.5 Å². The van der Waals surface area contributed by atoms with Gasteiger partial charge in [0.15, 0.2) is 0 Å². The normalized spacial score (nSPS) is 12.5. The molecule has 3 rings (SSSR count). The van der Waals surface area contributed by atoms with E-state index in [1.807, 2.05) is 29.1 Å². The Morgan fingerprint density at radius 3 is 2.84 bits per heavy atom. The van der Waals surface area contributed by atoms with Gasteiger partial charge in [-0.05, 0) is 55.6 Å². The molecule has 0 radical (unpaired) electrons. The Morgan fingerprint density at radius 2 is 2.20 bits per heavy atom. The van der Waals surface area contributed by atoms with Gasteiger partial charge < -0.3 is 10.8 Å². The quantitative estimate of drug-likeness (QED) is 0.679. The van der Waals surface area contributed by atoms with Gasteiger partial charge in [0.25, 0.3) is 0 Å². The van der Waals surface area contributed by atoms with E-state index in [4.69, 9.17) is 5.73 Å². The van der Waals surface area contributed by atoms with Crippen molar-refractivity contribution in [2.24, 2.45) is 11.7 Å². The second kappa shape index (κ2) is 7.86. The van der Waals surface area contributed by atoms with Crippen LogP contribution in [0.5, 0.6) is 0 Å². The SMILES string of the molecule is CCn1nc(-c2nccs2)cc1-c1ccc(F)c(CC(CN)CO)c1. The second-order valence-corrected chi connectivity index (χ2v) is 6.76. The molecule has 0 saturated heterocycles. The molecule has 2 heterocycles. The maximum atomic E-state index is 14.2. The molecular formula is C18H21FN4OS. The van der Waals surface area contributed by atoms with Gasteiger partial charge in [0.2, 0.25) is 0 Å². The molecule has 0 aliphatic carbocycles. The van der Waals surface area contributed by atoms with E-state index in [1.165, 1.54) is 17.4 Å². The summed E-state index contributed by atoms with van der Waals surface area (Å²) < 4.78 is 16.1. The minimum atomic E-state index is -0.279. The van der Waals surface area contributed by atoms with Crippen molar-refractivity contribution < 1.29 is 9.50 Å². The maximum Gasteiger partial charge on any atom is 0.143 e. The van der Waals surface area contributed by atoms with Crippen LogP contribution >= 0.6 is 11.3 Å². The summed E-state index contributed by atoms with van der Waals surface area (Å²) in [4.78, 5) is 4.30. The number of hydrogen-bond acceptors (Lipinski definition) is 5. The smallest absolute Gasteiger partial charge is 0.143 e. The Morgan fingerprint density at radius 1 is 1.36 bits per heavy atom. The van der Waals surface area contributed by atoms with E-state index < -0.39 is 0 Å². The summed E-state index contributed by atoms with van der Waals surface area (Å²) in [5.74, 6) is -0.426. The molecule has 1 unspecified atom stereocenters. The van der Waals surface area contributed by atoms with E-state index in [1.54, 1.807) is 12.3 Å². The van der Waals surface area contributed by atoms with Crippen LogP contribution in [-0.4, -0.2) is 33.0 Å². The van der Waals surface area contributed by atoms with Crippen molar-refractivity contribution in [3.8, 4) is 22.0 Å². The summed E-state index contributed by atoms with van der Waals surface area (Å²) in [6.07, 6.45) is 2.16. The van der Waals surface area contributed by atoms with Gasteiger partial charge in [-0.1, -0.05) is 0 Å². The molecule has 1 aromatic carbocycles. The molecule has 1 atom stereocenters. The fraction of sp³-hybridized carbons (Fsp3) is 0.333. The fourth-order valence-electron chi connectivity index (χ4n) is 2.77. The number of aromatic nitrogens is 3. The Hall–Kier alpha value is -2.09. The first-order valence-electron chi connectivity index (χ1n) is 8.23. The molecule has 0 amide bonds. The van der Waals surface area contributed by atoms with Gasteiger partial charge in [-0.2, -0.15) is 5.10 Å². The van der Waals surface area contributed by atoms with Crippen LogP contribution in [0.2, 0.25) is 0 Å². The van der Waals surface area contributed by atoms with Crippen LogP contribution in [0.3, 0.4) is 0 Å². The van der Waals surface area contributed by atoms with Crippen molar-refractivity contribution in [2.45, 2.75) is 19.9 Å². The molecule has 5 nitrogen and oxygen atoms in total. The van der Waals surface area contributed by atoms with E-state index in [0.717, 1.165) is 22.0 Å². The van der Waals surface area contributed by atoms with Gasteiger partial charge in [-0.25, -0.2) is 9.37 Å². The molecule has 25 heavy (non-hydrogen) atoms. The van der Waals surface area contributed by atoms with E-state index in [0.29, 0.717) is 25.1 Å². The third-order valence-corrected chi connectivity index (χ3v) is 4.97. The van der Waals surface area contributed by atoms with E-state index in [-0.39, 0.29) is 18.3 Å². The van der Waals surface area contributed by atoms with Crippen LogP contribution in [-0.2, 0) is 13.0 Å². The zero-order chi connectivity index (χ0) is 17.8. The van der Waals surface area contributed by atoms with Crippen LogP contribution in [0.25, 0.3) is 22.0 Å². The number of thiazole rings is 1. The highest BCUT2D eigenvalue weighted by Gasteiger charge is 2.15. The molecular weight excluding hydrogens is 339 g/mol. The number of nitrogens with two attached hydrogens (primary N) is 1. The molecule has 3 N–H and O–H groups in total. The average Bonchev–Trinajstić information content (AvgIpc) is 3.30. The predicted molar refractivity (Wildman–Crippen MR) is 97.7 cm³/mol. The first-order chi connectivity index (χ1) is 12.2. The lowest BCUT2D eigenvalue weighted by Crippen LogP contribution is -2.20. The largest absolute Gasteiger partial charge is 0.396 e. The van der Waals surface area contributed by atoms with Crippen molar-refractivity contribution in [1.29, 1.82) is 0 Å². The number of rotatable bonds is 7. The van der Waals surface area contributed by atoms with Gasteiger partial charge in [0, 0.05) is 30.3 Å². The van der Waals surface area contributed by atoms with Gasteiger partial charge in [0.1, 0.15) is 16.5 Å². The number of aryl methyl sites for hydroxylation is 1. The molecule has 7 heteroatoms. The number of halogens is 1. The van der Waals surface area contributed by atoms with Gasteiger partial charge in [-0.3, -0.25) is 4.68 Å². The lowest BCUT2D eigenvalue weighted by atomic mass is 9.97. The second-order valence-electron chi connectivity index (χ2n) is 5.86. The maximum absolute atomic E-state index is 14.2. The molecule has 132 valence electrons. The minimum absolute atomic E-state index is 0.0543. The minimum Gasteiger partial charge on any atom is -0.396 e. The molecule has 0 bridgehead atoms. The van der Waals surface area contributed by atoms with Crippen molar-refractivity contribution in [3.05, 3.63) is 47.2 Å². The Bertz CT molecular complexity index is 828. The molecule has 0 aliphatic heterocycles. The molecule has 3 aromatic rings. The molecule has 0 spiro atoms. The third kappa shape index (κ3) is 3.78. The number of hydrogen-bond donors (Lipinski definition) is 2. The first-order valence-corrected chi connectivity index (χ1v) is 9.11. The zero-order valence-corrected chi connectivity index (χ0v) is 14.8. The highest BCUT2D eigenvalue weighted by molar-refractivity contribution is 7.13. The summed E-state index contributed by atoms with van der Waals surface area (Å²) in [7, 11) is 0. The van der Waals surface area contributed by atoms with Gasteiger partial charge in [-0.15, -0.1) is 11.3 Å². The van der Waals surface area contributed by atoms with Crippen LogP contribution in [0.4, 0.5) is 4.39 Å². The summed E-state index contributed by atoms with van der Waals surface area (Å²) in [5.41, 5.74) is 8.81. The van der Waals surface area contributed by atoms with Crippen molar-refractivity contribution in [3.63, 3.8) is 0 Å². The van der Waals surface area contributed by atoms with Crippen molar-refractivity contribution in [2.75, 3.05) is 13.2 Å². The first kappa shape index (κ1) is 17.7. The topological polar surface area (TPSA) is 77.0 Å². The highest BCUT2D eigenvalue weighted by Crippen LogP contribution is 2.29. The van der Waals surface area contributed by atoms with Crippen LogP contribution in [0.15, 0.2) is 35.8 Å². The van der Waals surface area contributed by atoms with E-state index in [9.17, 15) is 9.50 Å². The lowest BCUT2D eigenvalue weighted by Gasteiger charge is -2.13. The van der Waals surface area contributed by atoms with Crippen LogP contribution < -0.4 is 5.73 Å². The summed E-state index contributed by atoms with van der Waals surface area (Å²) >= 11 is 1.54. The standard InChI is InChI=1S/C18H21FN4OS/c1-2-23-17(9-16(22-23)18-21-5-6-25-18)13-3-4-15(19)14(8-13)7-12(10-20)11-24/h3-6,8-9,12,24H,2,7,10-11,20H2,1H3. The van der Waals surface area contributed by atoms with Crippen molar-refractivity contribution >= 4 is 11.3 Å². The third-order valence-electron chi connectivity index (χ3n) is 4.17. The molecule has 2 aromatic heterocycles. The summed E-state index contributed by atoms with van der Waals surface area (Å²) in [6, 6.07) is 7.02. The summed E-state index contributed by atoms with van der Waals surface area (Å²) in [5, 5.41) is 16.7. The Kier molecular flexibility index (Phi) is 5.57. The van der Waals surface area contributed by atoms with E-state index >= 15 is 0 Å².